The number of rotatable bonds is 20. The Balaban J connectivity index is 1.40. The van der Waals surface area contributed by atoms with Crippen LogP contribution in [0.2, 0.25) is 0 Å². The topological polar surface area (TPSA) is 40.5 Å². The zero-order chi connectivity index (χ0) is 30.1. The molecule has 3 aromatic carbocycles. The number of methoxy groups -OCH3 is 1. The van der Waals surface area contributed by atoms with Gasteiger partial charge in [0.2, 0.25) is 5.43 Å². The molecule has 4 nitrogen and oxygen atoms in total. The molecule has 0 N–H and O–H groups in total. The molecule has 0 bridgehead atoms. The fraction of sp³-hybridized carbons (Fsp3) is 0.462. The SMILES string of the molecule is CCCCCCCCCCCCCCCCn1c(-c2ccccc2)c(OCc2ccc(OC)cc2)c(=O)c2ccccc21. The monoisotopic (exact) mass is 581 g/mol. The molecule has 1 heterocycles. The van der Waals surface area contributed by atoms with Crippen LogP contribution in [-0.2, 0) is 13.2 Å². The van der Waals surface area contributed by atoms with Crippen molar-refractivity contribution in [3.05, 3.63) is 94.6 Å². The van der Waals surface area contributed by atoms with E-state index in [1.165, 1.54) is 83.5 Å². The summed E-state index contributed by atoms with van der Waals surface area (Å²) in [4.78, 5) is 13.8. The standard InChI is InChI=1S/C39H51NO3/c1-3-4-5-6-7-8-9-10-11-12-13-14-15-21-30-40-36-25-20-19-24-35(36)38(41)39(37(40)33-22-17-16-18-23-33)43-31-32-26-28-34(42-2)29-27-32/h16-20,22-29H,3-15,21,30-31H2,1-2H3. The van der Waals surface area contributed by atoms with Crippen molar-refractivity contribution in [2.45, 2.75) is 110 Å². The molecule has 4 aromatic rings. The normalized spacial score (nSPS) is 11.2. The Kier molecular flexibility index (Phi) is 13.7. The highest BCUT2D eigenvalue weighted by Gasteiger charge is 2.20. The number of para-hydroxylation sites is 1. The van der Waals surface area contributed by atoms with Crippen molar-refractivity contribution in [2.75, 3.05) is 7.11 Å². The zero-order valence-corrected chi connectivity index (χ0v) is 26.5. The average Bonchev–Trinajstić information content (AvgIpc) is 3.05. The van der Waals surface area contributed by atoms with Gasteiger partial charge < -0.3 is 14.0 Å². The van der Waals surface area contributed by atoms with E-state index in [1.54, 1.807) is 7.11 Å². The van der Waals surface area contributed by atoms with E-state index < -0.39 is 0 Å². The van der Waals surface area contributed by atoms with Gasteiger partial charge in [-0.2, -0.15) is 0 Å². The van der Waals surface area contributed by atoms with Crippen LogP contribution in [0.15, 0.2) is 83.7 Å². The fourth-order valence-corrected chi connectivity index (χ4v) is 5.96. The Morgan fingerprint density at radius 1 is 0.628 bits per heavy atom. The Labute approximate surface area is 259 Å². The van der Waals surface area contributed by atoms with Crippen LogP contribution in [-0.4, -0.2) is 11.7 Å². The van der Waals surface area contributed by atoms with Gasteiger partial charge in [0, 0.05) is 17.5 Å². The van der Waals surface area contributed by atoms with Crippen LogP contribution < -0.4 is 14.9 Å². The lowest BCUT2D eigenvalue weighted by molar-refractivity contribution is 0.302. The van der Waals surface area contributed by atoms with E-state index in [4.69, 9.17) is 9.47 Å². The Bertz CT molecular complexity index is 1410. The van der Waals surface area contributed by atoms with E-state index >= 15 is 0 Å². The molecule has 230 valence electrons. The Hall–Kier alpha value is -3.53. The van der Waals surface area contributed by atoms with Gasteiger partial charge >= 0.3 is 0 Å². The third kappa shape index (κ3) is 9.74. The first-order valence-corrected chi connectivity index (χ1v) is 16.7. The van der Waals surface area contributed by atoms with Crippen LogP contribution in [0.1, 0.15) is 102 Å². The third-order valence-corrected chi connectivity index (χ3v) is 8.46. The van der Waals surface area contributed by atoms with E-state index in [0.29, 0.717) is 17.7 Å². The van der Waals surface area contributed by atoms with Crippen molar-refractivity contribution in [1.82, 2.24) is 4.57 Å². The molecule has 0 unspecified atom stereocenters. The maximum Gasteiger partial charge on any atom is 0.231 e. The molecule has 43 heavy (non-hydrogen) atoms. The van der Waals surface area contributed by atoms with E-state index in [0.717, 1.165) is 41.1 Å². The summed E-state index contributed by atoms with van der Waals surface area (Å²) in [6.45, 7) is 3.45. The van der Waals surface area contributed by atoms with Crippen molar-refractivity contribution in [2.24, 2.45) is 0 Å². The first-order valence-electron chi connectivity index (χ1n) is 16.7. The van der Waals surface area contributed by atoms with Crippen molar-refractivity contribution < 1.29 is 9.47 Å². The quantitative estimate of drug-likeness (QED) is 0.0975. The first kappa shape index (κ1) is 32.4. The maximum atomic E-state index is 13.8. The summed E-state index contributed by atoms with van der Waals surface area (Å²) in [5.41, 5.74) is 3.77. The summed E-state index contributed by atoms with van der Waals surface area (Å²) < 4.78 is 14.0. The van der Waals surface area contributed by atoms with Crippen molar-refractivity contribution in [3.63, 3.8) is 0 Å². The predicted octanol–water partition coefficient (Wildman–Crippen LogP) is 10.7. The van der Waals surface area contributed by atoms with Gasteiger partial charge in [0.1, 0.15) is 12.4 Å². The summed E-state index contributed by atoms with van der Waals surface area (Å²) >= 11 is 0. The molecule has 4 rings (SSSR count). The summed E-state index contributed by atoms with van der Waals surface area (Å²) in [6.07, 6.45) is 18.7. The molecule has 0 saturated heterocycles. The number of benzene rings is 3. The van der Waals surface area contributed by atoms with Crippen molar-refractivity contribution in [3.8, 4) is 22.8 Å². The second kappa shape index (κ2) is 18.2. The molecular formula is C39H51NO3. The minimum Gasteiger partial charge on any atom is -0.497 e. The molecule has 0 aliphatic rings. The molecule has 0 radical (unpaired) electrons. The molecule has 0 spiro atoms. The summed E-state index contributed by atoms with van der Waals surface area (Å²) in [5.74, 6) is 1.22. The molecule has 0 aliphatic carbocycles. The third-order valence-electron chi connectivity index (χ3n) is 8.46. The van der Waals surface area contributed by atoms with Crippen LogP contribution in [0.5, 0.6) is 11.5 Å². The van der Waals surface area contributed by atoms with Gasteiger partial charge in [-0.25, -0.2) is 0 Å². The highest BCUT2D eigenvalue weighted by molar-refractivity contribution is 5.86. The summed E-state index contributed by atoms with van der Waals surface area (Å²) in [7, 11) is 1.66. The minimum absolute atomic E-state index is 0.0554. The molecular weight excluding hydrogens is 530 g/mol. The van der Waals surface area contributed by atoms with E-state index in [9.17, 15) is 4.79 Å². The van der Waals surface area contributed by atoms with Gasteiger partial charge in [0.25, 0.3) is 0 Å². The number of ether oxygens (including phenoxy) is 2. The highest BCUT2D eigenvalue weighted by atomic mass is 16.5. The van der Waals surface area contributed by atoms with Gasteiger partial charge in [-0.3, -0.25) is 4.79 Å². The molecule has 1 aromatic heterocycles. The van der Waals surface area contributed by atoms with E-state index in [1.807, 2.05) is 60.7 Å². The number of nitrogens with zero attached hydrogens (tertiary/aromatic N) is 1. The average molecular weight is 582 g/mol. The lowest BCUT2D eigenvalue weighted by Gasteiger charge is -2.21. The number of aryl methyl sites for hydroxylation is 1. The lowest BCUT2D eigenvalue weighted by atomic mass is 10.0. The number of hydrogen-bond acceptors (Lipinski definition) is 3. The van der Waals surface area contributed by atoms with Crippen molar-refractivity contribution in [1.29, 1.82) is 0 Å². The Morgan fingerprint density at radius 2 is 1.19 bits per heavy atom. The van der Waals surface area contributed by atoms with Crippen LogP contribution in [0.25, 0.3) is 22.2 Å². The number of pyridine rings is 1. The zero-order valence-electron chi connectivity index (χ0n) is 26.5. The molecule has 0 aliphatic heterocycles. The van der Waals surface area contributed by atoms with Gasteiger partial charge in [0.05, 0.1) is 18.3 Å². The van der Waals surface area contributed by atoms with Crippen LogP contribution in [0.3, 0.4) is 0 Å². The summed E-state index contributed by atoms with van der Waals surface area (Å²) in [5, 5.41) is 0.706. The summed E-state index contributed by atoms with van der Waals surface area (Å²) in [6, 6.07) is 26.0. The molecule has 0 saturated carbocycles. The number of hydrogen-bond donors (Lipinski definition) is 0. The van der Waals surface area contributed by atoms with Gasteiger partial charge in [-0.1, -0.05) is 145 Å². The van der Waals surface area contributed by atoms with Crippen LogP contribution in [0.4, 0.5) is 0 Å². The van der Waals surface area contributed by atoms with Gasteiger partial charge in [-0.05, 0) is 36.2 Å². The van der Waals surface area contributed by atoms with Crippen molar-refractivity contribution >= 4 is 10.9 Å². The molecule has 0 amide bonds. The fourth-order valence-electron chi connectivity index (χ4n) is 5.96. The Morgan fingerprint density at radius 3 is 1.79 bits per heavy atom. The molecule has 0 fully saturated rings. The van der Waals surface area contributed by atoms with Gasteiger partial charge in [-0.15, -0.1) is 0 Å². The van der Waals surface area contributed by atoms with Gasteiger partial charge in [0.15, 0.2) is 5.75 Å². The maximum absolute atomic E-state index is 13.8. The second-order valence-corrected chi connectivity index (χ2v) is 11.8. The lowest BCUT2D eigenvalue weighted by Crippen LogP contribution is -2.17. The van der Waals surface area contributed by atoms with Crippen LogP contribution in [0, 0.1) is 0 Å². The highest BCUT2D eigenvalue weighted by Crippen LogP contribution is 2.32. The smallest absolute Gasteiger partial charge is 0.231 e. The largest absolute Gasteiger partial charge is 0.497 e. The van der Waals surface area contributed by atoms with E-state index in [-0.39, 0.29) is 5.43 Å². The predicted molar refractivity (Wildman–Crippen MR) is 181 cm³/mol. The number of fused-ring (bicyclic) bond motifs is 1. The second-order valence-electron chi connectivity index (χ2n) is 11.8. The number of aromatic nitrogens is 1. The van der Waals surface area contributed by atoms with E-state index in [2.05, 4.69) is 29.7 Å². The van der Waals surface area contributed by atoms with Crippen LogP contribution >= 0.6 is 0 Å². The molecule has 4 heteroatoms. The first-order chi connectivity index (χ1) is 21.2. The minimum atomic E-state index is -0.0554. The molecule has 0 atom stereocenters. The number of unbranched alkanes of at least 4 members (excludes halogenated alkanes) is 13.